The molecule has 0 bridgehead atoms. The van der Waals surface area contributed by atoms with Crippen LogP contribution in [0.4, 0.5) is 0 Å². The number of hydrogen-bond acceptors (Lipinski definition) is 7. The third kappa shape index (κ3) is 3.91. The summed E-state index contributed by atoms with van der Waals surface area (Å²) < 4.78 is 22.7. The van der Waals surface area contributed by atoms with Crippen LogP contribution in [0.3, 0.4) is 0 Å². The Morgan fingerprint density at radius 2 is 1.96 bits per heavy atom. The molecule has 0 saturated heterocycles. The van der Waals surface area contributed by atoms with Crippen molar-refractivity contribution in [3.8, 4) is 0 Å². The minimum Gasteiger partial charge on any atom is -0.610 e. The molecule has 0 aliphatic carbocycles. The Kier molecular flexibility index (Phi) is 6.78. The highest BCUT2D eigenvalue weighted by atomic mass is 32.2. The Morgan fingerprint density at radius 3 is 2.56 bits per heavy atom. The van der Waals surface area contributed by atoms with E-state index < -0.39 is 34.6 Å². The van der Waals surface area contributed by atoms with E-state index in [1.165, 1.54) is 18.7 Å². The third-order valence-electron chi connectivity index (χ3n) is 4.56. The van der Waals surface area contributed by atoms with Crippen LogP contribution in [0.1, 0.15) is 33.3 Å². The van der Waals surface area contributed by atoms with E-state index in [1.54, 1.807) is 39.8 Å². The molecule has 0 amide bonds. The van der Waals surface area contributed by atoms with Gasteiger partial charge in [0.05, 0.1) is 30.4 Å². The van der Waals surface area contributed by atoms with Crippen molar-refractivity contribution in [2.45, 2.75) is 38.8 Å². The first kappa shape index (κ1) is 21.1. The SMILES string of the molecule is CCOC(=O)C1=C(c2cccnc2[S+](C)[O-])C(C)(C(=O)OCC)C(C)N=C1. The molecule has 3 unspecified atom stereocenters. The van der Waals surface area contributed by atoms with Crippen molar-refractivity contribution in [3.63, 3.8) is 0 Å². The van der Waals surface area contributed by atoms with Gasteiger partial charge in [0, 0.05) is 29.2 Å². The summed E-state index contributed by atoms with van der Waals surface area (Å²) in [4.78, 5) is 34.1. The van der Waals surface area contributed by atoms with Gasteiger partial charge in [0.1, 0.15) is 11.7 Å². The molecule has 0 aromatic carbocycles. The molecule has 146 valence electrons. The molecule has 1 aromatic heterocycles. The average Bonchev–Trinajstić information content (AvgIpc) is 2.64. The standard InChI is InChI=1S/C19H24N2O5S/c1-6-25-17(22)14-11-21-12(3)19(4,18(23)26-7-2)15(14)13-9-8-10-20-16(13)27(5)24/h8-12H,6-7H2,1-5H3. The van der Waals surface area contributed by atoms with Crippen LogP contribution in [-0.4, -0.2) is 53.2 Å². The highest BCUT2D eigenvalue weighted by molar-refractivity contribution is 7.90. The lowest BCUT2D eigenvalue weighted by molar-refractivity contribution is -0.151. The minimum absolute atomic E-state index is 0.144. The number of aliphatic imine (C=N–C) groups is 1. The Labute approximate surface area is 162 Å². The quantitative estimate of drug-likeness (QED) is 0.543. The van der Waals surface area contributed by atoms with Crippen LogP contribution in [0.5, 0.6) is 0 Å². The van der Waals surface area contributed by atoms with E-state index in [2.05, 4.69) is 9.98 Å². The van der Waals surface area contributed by atoms with Crippen molar-refractivity contribution >= 4 is 34.9 Å². The fourth-order valence-corrected chi connectivity index (χ4v) is 3.73. The zero-order valence-corrected chi connectivity index (χ0v) is 17.0. The summed E-state index contributed by atoms with van der Waals surface area (Å²) in [6, 6.07) is 2.87. The summed E-state index contributed by atoms with van der Waals surface area (Å²) in [5.74, 6) is -1.11. The maximum Gasteiger partial charge on any atom is 0.340 e. The van der Waals surface area contributed by atoms with E-state index in [9.17, 15) is 14.1 Å². The second-order valence-corrected chi connectivity index (χ2v) is 7.49. The lowest BCUT2D eigenvalue weighted by Gasteiger charge is -2.37. The molecule has 8 heteroatoms. The molecule has 2 rings (SSSR count). The Balaban J connectivity index is 2.83. The van der Waals surface area contributed by atoms with E-state index in [0.29, 0.717) is 11.1 Å². The normalized spacial score (nSPS) is 23.1. The Bertz CT molecular complexity index is 790. The van der Waals surface area contributed by atoms with Gasteiger partial charge in [0.25, 0.3) is 5.03 Å². The number of esters is 2. The number of dihydropyridines is 1. The number of carbonyl (C=O) groups excluding carboxylic acids is 2. The van der Waals surface area contributed by atoms with Crippen molar-refractivity contribution in [2.75, 3.05) is 19.5 Å². The first-order valence-electron chi connectivity index (χ1n) is 8.70. The van der Waals surface area contributed by atoms with E-state index in [0.717, 1.165) is 0 Å². The van der Waals surface area contributed by atoms with Gasteiger partial charge in [-0.15, -0.1) is 0 Å². The van der Waals surface area contributed by atoms with Gasteiger partial charge >= 0.3 is 11.9 Å². The number of carbonyl (C=O) groups is 2. The van der Waals surface area contributed by atoms with Gasteiger partial charge in [-0.2, -0.15) is 0 Å². The molecule has 27 heavy (non-hydrogen) atoms. The highest BCUT2D eigenvalue weighted by Gasteiger charge is 2.50. The van der Waals surface area contributed by atoms with E-state index in [-0.39, 0.29) is 23.8 Å². The molecule has 0 spiro atoms. The highest BCUT2D eigenvalue weighted by Crippen LogP contribution is 2.46. The smallest absolute Gasteiger partial charge is 0.340 e. The lowest BCUT2D eigenvalue weighted by Crippen LogP contribution is -2.43. The van der Waals surface area contributed by atoms with Crippen LogP contribution in [0.2, 0.25) is 0 Å². The number of ether oxygens (including phenoxy) is 2. The predicted molar refractivity (Wildman–Crippen MR) is 103 cm³/mol. The zero-order valence-electron chi connectivity index (χ0n) is 16.1. The van der Waals surface area contributed by atoms with Crippen molar-refractivity contribution in [1.29, 1.82) is 0 Å². The van der Waals surface area contributed by atoms with Crippen LogP contribution >= 0.6 is 0 Å². The Hall–Kier alpha value is -2.19. The molecule has 1 aliphatic rings. The van der Waals surface area contributed by atoms with E-state index in [1.807, 2.05) is 0 Å². The van der Waals surface area contributed by atoms with Crippen LogP contribution < -0.4 is 0 Å². The molecule has 1 aromatic rings. The van der Waals surface area contributed by atoms with Gasteiger partial charge in [0.2, 0.25) is 0 Å². The van der Waals surface area contributed by atoms with E-state index in [4.69, 9.17) is 9.47 Å². The number of nitrogens with zero attached hydrogens (tertiary/aromatic N) is 2. The molecule has 7 nitrogen and oxygen atoms in total. The monoisotopic (exact) mass is 392 g/mol. The molecule has 2 heterocycles. The fraction of sp³-hybridized carbons (Fsp3) is 0.474. The van der Waals surface area contributed by atoms with Gasteiger partial charge in [-0.05, 0) is 39.8 Å². The first-order chi connectivity index (χ1) is 12.8. The second-order valence-electron chi connectivity index (χ2n) is 6.20. The van der Waals surface area contributed by atoms with Crippen LogP contribution in [0, 0.1) is 5.41 Å². The maximum absolute atomic E-state index is 12.9. The average molecular weight is 392 g/mol. The van der Waals surface area contributed by atoms with Gasteiger partial charge in [-0.1, -0.05) is 0 Å². The molecular weight excluding hydrogens is 368 g/mol. The van der Waals surface area contributed by atoms with Gasteiger partial charge in [-0.25, -0.2) is 9.78 Å². The zero-order chi connectivity index (χ0) is 20.2. The molecular formula is C19H24N2O5S. The van der Waals surface area contributed by atoms with Crippen molar-refractivity contribution in [3.05, 3.63) is 29.5 Å². The van der Waals surface area contributed by atoms with Crippen LogP contribution in [0.25, 0.3) is 5.57 Å². The summed E-state index contributed by atoms with van der Waals surface area (Å²) in [5, 5.41) is 0.285. The van der Waals surface area contributed by atoms with Crippen molar-refractivity contribution in [2.24, 2.45) is 10.4 Å². The lowest BCUT2D eigenvalue weighted by atomic mass is 9.70. The van der Waals surface area contributed by atoms with Gasteiger partial charge < -0.3 is 14.0 Å². The second kappa shape index (κ2) is 8.67. The molecule has 1 aliphatic heterocycles. The number of pyridine rings is 1. The molecule has 0 saturated carbocycles. The maximum atomic E-state index is 12.9. The Morgan fingerprint density at radius 1 is 1.30 bits per heavy atom. The topological polar surface area (TPSA) is 101 Å². The van der Waals surface area contributed by atoms with Gasteiger partial charge in [-0.3, -0.25) is 9.79 Å². The third-order valence-corrected chi connectivity index (χ3v) is 5.43. The molecule has 0 N–H and O–H groups in total. The summed E-state index contributed by atoms with van der Waals surface area (Å²) in [6.45, 7) is 7.22. The van der Waals surface area contributed by atoms with Gasteiger partial charge in [0.15, 0.2) is 0 Å². The number of aromatic nitrogens is 1. The summed E-state index contributed by atoms with van der Waals surface area (Å²) in [7, 11) is 0. The number of hydrogen-bond donors (Lipinski definition) is 0. The van der Waals surface area contributed by atoms with Crippen LogP contribution in [-0.2, 0) is 30.2 Å². The fourth-order valence-electron chi connectivity index (χ4n) is 3.04. The predicted octanol–water partition coefficient (Wildman–Crippen LogP) is 2.18. The number of rotatable bonds is 6. The largest absolute Gasteiger partial charge is 0.610 e. The first-order valence-corrected chi connectivity index (χ1v) is 10.3. The minimum atomic E-state index is -1.43. The summed E-state index contributed by atoms with van der Waals surface area (Å²) in [5.41, 5.74) is -0.287. The van der Waals surface area contributed by atoms with Crippen LogP contribution in [0.15, 0.2) is 33.9 Å². The molecule has 3 atom stereocenters. The summed E-state index contributed by atoms with van der Waals surface area (Å²) >= 11 is -1.43. The summed E-state index contributed by atoms with van der Waals surface area (Å²) in [6.07, 6.45) is 4.43. The van der Waals surface area contributed by atoms with Crippen molar-refractivity contribution < 1.29 is 23.6 Å². The molecule has 0 fully saturated rings. The molecule has 0 radical (unpaired) electrons. The van der Waals surface area contributed by atoms with E-state index >= 15 is 0 Å². The van der Waals surface area contributed by atoms with Crippen molar-refractivity contribution in [1.82, 2.24) is 4.98 Å².